The van der Waals surface area contributed by atoms with E-state index in [0.717, 1.165) is 17.8 Å². The van der Waals surface area contributed by atoms with Crippen LogP contribution in [0.2, 0.25) is 10.0 Å². The number of rotatable bonds is 11. The SMILES string of the molecule is CCCn1ncn(-c2ccc(N3CCN(c4ccc(OC[C@@H]5CO[C@@](Cn6cnnn6)(c6ccc(Cl)cc6Cl)O5)cc4F)CC3)cc2)c1=O. The summed E-state index contributed by atoms with van der Waals surface area (Å²) in [5.74, 6) is -1.26. The molecule has 16 heteroatoms. The third kappa shape index (κ3) is 6.99. The molecule has 0 amide bonds. The Morgan fingerprint density at radius 1 is 0.980 bits per heavy atom. The minimum Gasteiger partial charge on any atom is -0.491 e. The van der Waals surface area contributed by atoms with Gasteiger partial charge in [-0.3, -0.25) is 0 Å². The van der Waals surface area contributed by atoms with E-state index in [0.29, 0.717) is 59.8 Å². The second-order valence-corrected chi connectivity index (χ2v) is 12.7. The van der Waals surface area contributed by atoms with Crippen molar-refractivity contribution in [2.75, 3.05) is 49.2 Å². The van der Waals surface area contributed by atoms with Crippen LogP contribution in [0.25, 0.3) is 5.69 Å². The van der Waals surface area contributed by atoms with E-state index in [9.17, 15) is 4.79 Å². The Balaban J connectivity index is 0.948. The summed E-state index contributed by atoms with van der Waals surface area (Å²) in [4.78, 5) is 16.9. The van der Waals surface area contributed by atoms with Gasteiger partial charge in [-0.25, -0.2) is 23.1 Å². The predicted molar refractivity (Wildman–Crippen MR) is 181 cm³/mol. The topological polar surface area (TPSA) is 118 Å². The highest BCUT2D eigenvalue weighted by atomic mass is 35.5. The van der Waals surface area contributed by atoms with E-state index in [-0.39, 0.29) is 31.3 Å². The molecule has 0 bridgehead atoms. The second-order valence-electron chi connectivity index (χ2n) is 11.9. The van der Waals surface area contributed by atoms with Crippen molar-refractivity contribution in [3.8, 4) is 11.4 Å². The molecule has 7 rings (SSSR count). The number of aryl methyl sites for hydroxylation is 1. The molecule has 49 heavy (non-hydrogen) atoms. The van der Waals surface area contributed by atoms with Crippen molar-refractivity contribution >= 4 is 34.6 Å². The Morgan fingerprint density at radius 3 is 2.47 bits per heavy atom. The molecule has 2 fully saturated rings. The number of tetrazole rings is 1. The van der Waals surface area contributed by atoms with Gasteiger partial charge in [0.25, 0.3) is 0 Å². The van der Waals surface area contributed by atoms with Gasteiger partial charge >= 0.3 is 5.69 Å². The summed E-state index contributed by atoms with van der Waals surface area (Å²) >= 11 is 12.7. The fraction of sp³-hybridized carbons (Fsp3) is 0.364. The fourth-order valence-electron chi connectivity index (χ4n) is 6.15. The number of halogens is 3. The van der Waals surface area contributed by atoms with Gasteiger partial charge in [-0.15, -0.1) is 5.10 Å². The lowest BCUT2D eigenvalue weighted by molar-refractivity contribution is -0.190. The maximum Gasteiger partial charge on any atom is 0.350 e. The lowest BCUT2D eigenvalue weighted by Gasteiger charge is -2.37. The van der Waals surface area contributed by atoms with Crippen LogP contribution in [0.3, 0.4) is 0 Å². The molecule has 4 heterocycles. The molecule has 0 unspecified atom stereocenters. The summed E-state index contributed by atoms with van der Waals surface area (Å²) in [5, 5.41) is 16.4. The summed E-state index contributed by atoms with van der Waals surface area (Å²) < 4.78 is 38.4. The summed E-state index contributed by atoms with van der Waals surface area (Å²) in [7, 11) is 0. The molecular weight excluding hydrogens is 676 g/mol. The zero-order chi connectivity index (χ0) is 34.0. The summed E-state index contributed by atoms with van der Waals surface area (Å²) in [6.45, 7) is 5.79. The molecule has 2 aromatic heterocycles. The molecule has 13 nitrogen and oxygen atoms in total. The van der Waals surface area contributed by atoms with Crippen LogP contribution in [-0.4, -0.2) is 80.1 Å². The van der Waals surface area contributed by atoms with E-state index in [1.54, 1.807) is 41.2 Å². The molecule has 2 aliphatic heterocycles. The van der Waals surface area contributed by atoms with Crippen LogP contribution in [0.5, 0.6) is 5.75 Å². The maximum absolute atomic E-state index is 15.4. The number of ether oxygens (including phenoxy) is 3. The number of hydrogen-bond acceptors (Lipinski definition) is 10. The summed E-state index contributed by atoms with van der Waals surface area (Å²) in [5.41, 5.74) is 2.75. The highest BCUT2D eigenvalue weighted by Gasteiger charge is 2.46. The van der Waals surface area contributed by atoms with E-state index in [1.807, 2.05) is 36.1 Å². The van der Waals surface area contributed by atoms with E-state index in [2.05, 4.69) is 25.5 Å². The van der Waals surface area contributed by atoms with Crippen LogP contribution in [0.15, 0.2) is 78.1 Å². The second kappa shape index (κ2) is 14.2. The molecule has 0 spiro atoms. The Kier molecular flexibility index (Phi) is 9.54. The highest BCUT2D eigenvalue weighted by Crippen LogP contribution is 2.40. The number of piperazine rings is 1. The zero-order valence-corrected chi connectivity index (χ0v) is 28.2. The van der Waals surface area contributed by atoms with Crippen LogP contribution in [0, 0.1) is 5.82 Å². The Hall–Kier alpha value is -4.50. The van der Waals surface area contributed by atoms with Crippen molar-refractivity contribution in [1.29, 1.82) is 0 Å². The van der Waals surface area contributed by atoms with Crippen LogP contribution < -0.4 is 20.2 Å². The minimum absolute atomic E-state index is 0.120. The maximum atomic E-state index is 15.4. The first kappa shape index (κ1) is 33.0. The Bertz CT molecular complexity index is 1950. The normalized spacial score (nSPS) is 19.5. The predicted octanol–water partition coefficient (Wildman–Crippen LogP) is 4.55. The number of anilines is 2. The monoisotopic (exact) mass is 709 g/mol. The lowest BCUT2D eigenvalue weighted by Crippen LogP contribution is -2.46. The number of nitrogens with zero attached hydrogens (tertiary/aromatic N) is 9. The van der Waals surface area contributed by atoms with E-state index >= 15 is 4.39 Å². The third-order valence-electron chi connectivity index (χ3n) is 8.60. The average Bonchev–Trinajstić information content (AvgIpc) is 3.86. The van der Waals surface area contributed by atoms with Crippen LogP contribution in [-0.2, 0) is 28.4 Å². The van der Waals surface area contributed by atoms with Gasteiger partial charge in [-0.2, -0.15) is 5.10 Å². The Morgan fingerprint density at radius 2 is 1.76 bits per heavy atom. The van der Waals surface area contributed by atoms with E-state index < -0.39 is 11.9 Å². The lowest BCUT2D eigenvalue weighted by atomic mass is 10.1. The quantitative estimate of drug-likeness (QED) is 0.193. The molecular formula is C33H34Cl2FN9O4. The van der Waals surface area contributed by atoms with Gasteiger partial charge < -0.3 is 24.0 Å². The van der Waals surface area contributed by atoms with Gasteiger partial charge in [0, 0.05) is 55.1 Å². The van der Waals surface area contributed by atoms with Gasteiger partial charge in [0.05, 0.1) is 23.0 Å². The Labute approximate surface area is 291 Å². The standard InChI is InChI=1S/C33H34Cl2FN9O4/c1-2-11-45-32(46)44(22-38-45)25-6-4-24(5-7-25)41-12-14-42(15-13-41)31-10-8-26(17-30(31)36)47-18-27-19-48-33(49-27,20-43-21-37-39-40-43)28-9-3-23(34)16-29(28)35/h3-10,16-17,21-22,27H,2,11-15,18-20H2,1H3/t27-,33-/m1/s1. The molecule has 2 saturated heterocycles. The van der Waals surface area contributed by atoms with Crippen LogP contribution in [0.4, 0.5) is 15.8 Å². The smallest absolute Gasteiger partial charge is 0.350 e. The van der Waals surface area contributed by atoms with E-state index in [1.165, 1.54) is 21.8 Å². The first-order valence-corrected chi connectivity index (χ1v) is 16.7. The number of hydrogen-bond donors (Lipinski definition) is 0. The van der Waals surface area contributed by atoms with Crippen LogP contribution in [0.1, 0.15) is 18.9 Å². The van der Waals surface area contributed by atoms with Crippen LogP contribution >= 0.6 is 23.2 Å². The molecule has 2 aliphatic rings. The molecule has 0 radical (unpaired) electrons. The zero-order valence-electron chi connectivity index (χ0n) is 26.7. The number of benzene rings is 3. The van der Waals surface area contributed by atoms with Crippen molar-refractivity contribution in [3.63, 3.8) is 0 Å². The van der Waals surface area contributed by atoms with Gasteiger partial charge in [0.1, 0.15) is 43.5 Å². The van der Waals surface area contributed by atoms with Crippen molar-refractivity contribution < 1.29 is 18.6 Å². The van der Waals surface area contributed by atoms with Gasteiger partial charge in [0.2, 0.25) is 5.79 Å². The van der Waals surface area contributed by atoms with E-state index in [4.69, 9.17) is 37.4 Å². The molecule has 3 aromatic carbocycles. The van der Waals surface area contributed by atoms with Crippen molar-refractivity contribution in [2.45, 2.75) is 38.3 Å². The molecule has 0 aliphatic carbocycles. The van der Waals surface area contributed by atoms with Gasteiger partial charge in [-0.1, -0.05) is 36.2 Å². The highest BCUT2D eigenvalue weighted by molar-refractivity contribution is 6.35. The molecule has 2 atom stereocenters. The minimum atomic E-state index is -1.28. The molecule has 256 valence electrons. The number of aromatic nitrogens is 7. The molecule has 0 N–H and O–H groups in total. The summed E-state index contributed by atoms with van der Waals surface area (Å²) in [6.07, 6.45) is 3.37. The van der Waals surface area contributed by atoms with Crippen molar-refractivity contribution in [1.82, 2.24) is 34.6 Å². The molecule has 0 saturated carbocycles. The molecule has 5 aromatic rings. The largest absolute Gasteiger partial charge is 0.491 e. The first-order valence-electron chi connectivity index (χ1n) is 16.0. The average molecular weight is 711 g/mol. The first-order chi connectivity index (χ1) is 23.8. The van der Waals surface area contributed by atoms with Gasteiger partial charge in [-0.05, 0) is 65.4 Å². The summed E-state index contributed by atoms with van der Waals surface area (Å²) in [6, 6.07) is 17.8. The van der Waals surface area contributed by atoms with Crippen molar-refractivity contribution in [3.05, 3.63) is 105 Å². The fourth-order valence-corrected chi connectivity index (χ4v) is 6.71. The van der Waals surface area contributed by atoms with Crippen molar-refractivity contribution in [2.24, 2.45) is 0 Å². The third-order valence-corrected chi connectivity index (χ3v) is 9.15. The van der Waals surface area contributed by atoms with Gasteiger partial charge in [0.15, 0.2) is 0 Å².